The van der Waals surface area contributed by atoms with Crippen molar-refractivity contribution in [3.8, 4) is 11.3 Å². The predicted octanol–water partition coefficient (Wildman–Crippen LogP) is 3.82. The number of aryl methyl sites for hydroxylation is 1. The third-order valence-electron chi connectivity index (χ3n) is 4.53. The van der Waals surface area contributed by atoms with Gasteiger partial charge >= 0.3 is 6.18 Å². The van der Waals surface area contributed by atoms with Gasteiger partial charge in [-0.05, 0) is 31.2 Å². The Hall–Kier alpha value is -2.88. The monoisotopic (exact) mass is 424 g/mol. The Morgan fingerprint density at radius 3 is 2.31 bits per heavy atom. The topological polar surface area (TPSA) is 76.9 Å². The summed E-state index contributed by atoms with van der Waals surface area (Å²) < 4.78 is 64.9. The molecule has 29 heavy (non-hydrogen) atoms. The van der Waals surface area contributed by atoms with Gasteiger partial charge in [-0.2, -0.15) is 18.3 Å². The summed E-state index contributed by atoms with van der Waals surface area (Å²) in [6, 6.07) is 7.45. The lowest BCUT2D eigenvalue weighted by molar-refractivity contribution is -0.137. The van der Waals surface area contributed by atoms with Crippen LogP contribution in [0, 0.1) is 6.92 Å². The molecule has 3 rings (SSSR count). The first-order valence-electron chi connectivity index (χ1n) is 8.56. The zero-order valence-electron chi connectivity index (χ0n) is 15.9. The molecule has 0 spiro atoms. The van der Waals surface area contributed by atoms with E-state index in [9.17, 15) is 21.6 Å². The Bertz CT molecular complexity index is 1140. The molecule has 0 saturated carbocycles. The molecule has 2 aromatic heterocycles. The number of rotatable bonds is 5. The van der Waals surface area contributed by atoms with Gasteiger partial charge in [-0.25, -0.2) is 13.4 Å². The van der Waals surface area contributed by atoms with Crippen molar-refractivity contribution in [2.45, 2.75) is 24.5 Å². The zero-order valence-corrected chi connectivity index (χ0v) is 16.8. The molecule has 0 fully saturated rings. The number of halogens is 3. The average Bonchev–Trinajstić information content (AvgIpc) is 2.97. The van der Waals surface area contributed by atoms with Crippen molar-refractivity contribution in [2.75, 3.05) is 11.6 Å². The minimum atomic E-state index is -4.55. The molecule has 154 valence electrons. The van der Waals surface area contributed by atoms with E-state index in [1.165, 1.54) is 24.3 Å². The Labute approximate surface area is 166 Å². The second kappa shape index (κ2) is 7.51. The van der Waals surface area contributed by atoms with Crippen molar-refractivity contribution in [1.82, 2.24) is 14.8 Å². The van der Waals surface area contributed by atoms with Gasteiger partial charge in [-0.3, -0.25) is 4.68 Å². The number of nitrogens with zero attached hydrogens (tertiary/aromatic N) is 3. The van der Waals surface area contributed by atoms with E-state index in [0.29, 0.717) is 5.56 Å². The highest BCUT2D eigenvalue weighted by Gasteiger charge is 2.31. The van der Waals surface area contributed by atoms with E-state index in [2.05, 4.69) is 15.4 Å². The molecule has 3 aromatic rings. The van der Waals surface area contributed by atoms with Crippen LogP contribution in [0.25, 0.3) is 11.3 Å². The van der Waals surface area contributed by atoms with Gasteiger partial charge < -0.3 is 5.32 Å². The van der Waals surface area contributed by atoms with Gasteiger partial charge in [0, 0.05) is 36.7 Å². The molecular weight excluding hydrogens is 405 g/mol. The number of pyridine rings is 1. The predicted molar refractivity (Wildman–Crippen MR) is 103 cm³/mol. The molecule has 1 N–H and O–H groups in total. The smallest absolute Gasteiger partial charge is 0.366 e. The van der Waals surface area contributed by atoms with Crippen molar-refractivity contribution >= 4 is 15.7 Å². The maximum absolute atomic E-state index is 13.4. The maximum Gasteiger partial charge on any atom is 0.416 e. The third-order valence-corrected chi connectivity index (χ3v) is 5.66. The Morgan fingerprint density at radius 2 is 1.79 bits per heavy atom. The Balaban J connectivity index is 1.96. The molecule has 0 radical (unpaired) electrons. The standard InChI is InChI=1S/C19H19F3N4O2S/c1-12-14(11-24-26(12)2)10-23-18-9-15(19(20,21)22)8-17(25-18)13-4-6-16(7-5-13)29(3,27)28/h4-9,11H,10H2,1-3H3,(H,23,25). The molecule has 1 aromatic carbocycles. The third kappa shape index (κ3) is 4.76. The number of hydrogen-bond donors (Lipinski definition) is 1. The molecule has 0 unspecified atom stereocenters. The van der Waals surface area contributed by atoms with E-state index < -0.39 is 21.6 Å². The van der Waals surface area contributed by atoms with Gasteiger partial charge in [0.15, 0.2) is 9.84 Å². The lowest BCUT2D eigenvalue weighted by Gasteiger charge is -2.13. The zero-order chi connectivity index (χ0) is 21.4. The molecule has 0 amide bonds. The molecule has 10 heteroatoms. The fraction of sp³-hybridized carbons (Fsp3) is 0.263. The van der Waals surface area contributed by atoms with Gasteiger partial charge in [0.05, 0.1) is 22.3 Å². The molecule has 6 nitrogen and oxygen atoms in total. The van der Waals surface area contributed by atoms with Crippen LogP contribution in [0.2, 0.25) is 0 Å². The van der Waals surface area contributed by atoms with Crippen LogP contribution >= 0.6 is 0 Å². The summed E-state index contributed by atoms with van der Waals surface area (Å²) in [5.41, 5.74) is 1.35. The number of hydrogen-bond acceptors (Lipinski definition) is 5. The second-order valence-corrected chi connectivity index (χ2v) is 8.67. The number of benzene rings is 1. The van der Waals surface area contributed by atoms with E-state index in [4.69, 9.17) is 0 Å². The molecule has 0 atom stereocenters. The first kappa shape index (κ1) is 20.8. The number of sulfone groups is 1. The first-order valence-corrected chi connectivity index (χ1v) is 10.5. The molecule has 0 aliphatic rings. The van der Waals surface area contributed by atoms with Gasteiger partial charge in [0.1, 0.15) is 5.82 Å². The van der Waals surface area contributed by atoms with Crippen LogP contribution in [0.15, 0.2) is 47.5 Å². The Morgan fingerprint density at radius 1 is 1.14 bits per heavy atom. The van der Waals surface area contributed by atoms with E-state index in [-0.39, 0.29) is 23.0 Å². The number of aromatic nitrogens is 3. The first-order chi connectivity index (χ1) is 13.4. The van der Waals surface area contributed by atoms with Crippen LogP contribution in [0.1, 0.15) is 16.8 Å². The number of alkyl halides is 3. The molecule has 0 aliphatic carbocycles. The van der Waals surface area contributed by atoms with Crippen LogP contribution in [-0.4, -0.2) is 29.4 Å². The van der Waals surface area contributed by atoms with Crippen molar-refractivity contribution in [3.05, 3.63) is 59.4 Å². The minimum Gasteiger partial charge on any atom is -0.366 e. The number of anilines is 1. The lowest BCUT2D eigenvalue weighted by Crippen LogP contribution is -2.09. The van der Waals surface area contributed by atoms with E-state index >= 15 is 0 Å². The highest BCUT2D eigenvalue weighted by atomic mass is 32.2. The normalized spacial score (nSPS) is 12.2. The lowest BCUT2D eigenvalue weighted by atomic mass is 10.1. The summed E-state index contributed by atoms with van der Waals surface area (Å²) in [5.74, 6) is 0.0604. The number of nitrogens with one attached hydrogen (secondary N) is 1. The quantitative estimate of drug-likeness (QED) is 0.674. The second-order valence-electron chi connectivity index (χ2n) is 6.65. The fourth-order valence-corrected chi connectivity index (χ4v) is 3.34. The summed E-state index contributed by atoms with van der Waals surface area (Å²) in [6.45, 7) is 2.12. The van der Waals surface area contributed by atoms with E-state index in [1.807, 2.05) is 6.92 Å². The summed E-state index contributed by atoms with van der Waals surface area (Å²) in [4.78, 5) is 4.35. The van der Waals surface area contributed by atoms with Crippen LogP contribution < -0.4 is 5.32 Å². The highest BCUT2D eigenvalue weighted by molar-refractivity contribution is 7.90. The van der Waals surface area contributed by atoms with Gasteiger partial charge in [-0.15, -0.1) is 0 Å². The van der Waals surface area contributed by atoms with Crippen LogP contribution in [0.4, 0.5) is 19.0 Å². The SMILES string of the molecule is Cc1c(CNc2cc(C(F)(F)F)cc(-c3ccc(S(C)(=O)=O)cc3)n2)cnn1C. The van der Waals surface area contributed by atoms with Gasteiger partial charge in [0.25, 0.3) is 0 Å². The minimum absolute atomic E-state index is 0.0604. The van der Waals surface area contributed by atoms with Gasteiger partial charge in [-0.1, -0.05) is 12.1 Å². The van der Waals surface area contributed by atoms with Crippen molar-refractivity contribution in [2.24, 2.45) is 7.05 Å². The van der Waals surface area contributed by atoms with Crippen LogP contribution in [0.5, 0.6) is 0 Å². The molecule has 0 aliphatic heterocycles. The van der Waals surface area contributed by atoms with Crippen molar-refractivity contribution in [3.63, 3.8) is 0 Å². The largest absolute Gasteiger partial charge is 0.416 e. The Kier molecular flexibility index (Phi) is 5.40. The summed E-state index contributed by atoms with van der Waals surface area (Å²) >= 11 is 0. The molecule has 0 bridgehead atoms. The summed E-state index contributed by atoms with van der Waals surface area (Å²) in [7, 11) is -1.63. The van der Waals surface area contributed by atoms with Gasteiger partial charge in [0.2, 0.25) is 0 Å². The maximum atomic E-state index is 13.4. The van der Waals surface area contributed by atoms with E-state index in [1.54, 1.807) is 17.9 Å². The van der Waals surface area contributed by atoms with Crippen molar-refractivity contribution < 1.29 is 21.6 Å². The molecule has 0 saturated heterocycles. The average molecular weight is 424 g/mol. The molecule has 2 heterocycles. The summed E-state index contributed by atoms with van der Waals surface area (Å²) in [5, 5.41) is 7.02. The fourth-order valence-electron chi connectivity index (χ4n) is 2.71. The molecular formula is C19H19F3N4O2S. The van der Waals surface area contributed by atoms with E-state index in [0.717, 1.165) is 29.6 Å². The van der Waals surface area contributed by atoms with Crippen molar-refractivity contribution in [1.29, 1.82) is 0 Å². The summed E-state index contributed by atoms with van der Waals surface area (Å²) in [6.07, 6.45) is -1.85. The highest BCUT2D eigenvalue weighted by Crippen LogP contribution is 2.33. The van der Waals surface area contributed by atoms with Crippen LogP contribution in [-0.2, 0) is 29.6 Å². The van der Waals surface area contributed by atoms with Crippen LogP contribution in [0.3, 0.4) is 0 Å².